The van der Waals surface area contributed by atoms with Crippen LogP contribution in [-0.4, -0.2) is 40.8 Å². The van der Waals surface area contributed by atoms with Crippen LogP contribution in [0, 0.1) is 5.41 Å². The van der Waals surface area contributed by atoms with E-state index in [0.717, 1.165) is 11.1 Å². The summed E-state index contributed by atoms with van der Waals surface area (Å²) in [5.41, 5.74) is 0.460. The summed E-state index contributed by atoms with van der Waals surface area (Å²) in [6.07, 6.45) is 0. The minimum Gasteiger partial charge on any atom is -0.396 e. The Bertz CT molecular complexity index is 799. The molecule has 0 amide bonds. The van der Waals surface area contributed by atoms with Crippen molar-refractivity contribution in [3.05, 3.63) is 36.4 Å². The molecule has 0 aliphatic rings. The van der Waals surface area contributed by atoms with Crippen LogP contribution in [0.15, 0.2) is 41.3 Å². The normalized spacial score (nSPS) is 12.6. The molecule has 0 radical (unpaired) electrons. The van der Waals surface area contributed by atoms with E-state index in [9.17, 15) is 13.5 Å². The molecule has 2 rings (SSSR count). The lowest BCUT2D eigenvalue weighted by Crippen LogP contribution is -2.36. The van der Waals surface area contributed by atoms with E-state index in [2.05, 4.69) is 4.72 Å². The van der Waals surface area contributed by atoms with Gasteiger partial charge in [-0.25, -0.2) is 13.1 Å². The van der Waals surface area contributed by atoms with Crippen LogP contribution in [0.4, 0.5) is 5.69 Å². The number of nitrogens with one attached hydrogen (secondary N) is 1. The van der Waals surface area contributed by atoms with Crippen molar-refractivity contribution < 1.29 is 13.5 Å². The van der Waals surface area contributed by atoms with Gasteiger partial charge < -0.3 is 10.0 Å². The largest absolute Gasteiger partial charge is 0.396 e. The summed E-state index contributed by atoms with van der Waals surface area (Å²) in [5, 5.41) is 10.9. The Morgan fingerprint density at radius 2 is 1.70 bits per heavy atom. The molecule has 2 aromatic rings. The van der Waals surface area contributed by atoms with Gasteiger partial charge in [0.25, 0.3) is 0 Å². The zero-order chi connectivity index (χ0) is 17.3. The summed E-state index contributed by atoms with van der Waals surface area (Å²) in [6, 6.07) is 10.9. The fourth-order valence-electron chi connectivity index (χ4n) is 2.31. The molecule has 5 nitrogen and oxygen atoms in total. The number of benzene rings is 2. The molecular formula is C17H24N2O3S. The highest BCUT2D eigenvalue weighted by Gasteiger charge is 2.23. The number of aliphatic hydroxyl groups is 1. The molecule has 126 valence electrons. The Labute approximate surface area is 138 Å². The van der Waals surface area contributed by atoms with Crippen LogP contribution < -0.4 is 9.62 Å². The molecule has 0 aliphatic heterocycles. The van der Waals surface area contributed by atoms with Gasteiger partial charge in [0.2, 0.25) is 10.0 Å². The zero-order valence-corrected chi connectivity index (χ0v) is 14.8. The molecule has 6 heteroatoms. The average molecular weight is 336 g/mol. The third-order valence-electron chi connectivity index (χ3n) is 3.80. The summed E-state index contributed by atoms with van der Waals surface area (Å²) >= 11 is 0. The van der Waals surface area contributed by atoms with Gasteiger partial charge in [0.1, 0.15) is 0 Å². The maximum absolute atomic E-state index is 12.7. The standard InChI is InChI=1S/C17H24N2O3S/c1-17(2,12-20)11-18-23(21,22)16-10-6-7-13-14(16)8-5-9-15(13)19(3)4/h5-10,18,20H,11-12H2,1-4H3. The van der Waals surface area contributed by atoms with Crippen LogP contribution in [-0.2, 0) is 10.0 Å². The van der Waals surface area contributed by atoms with Crippen LogP contribution in [0.5, 0.6) is 0 Å². The molecule has 0 spiro atoms. The highest BCUT2D eigenvalue weighted by Crippen LogP contribution is 2.30. The highest BCUT2D eigenvalue weighted by molar-refractivity contribution is 7.89. The molecule has 0 bridgehead atoms. The predicted octanol–water partition coefficient (Wildman–Crippen LogP) is 2.20. The minimum absolute atomic E-state index is 0.0875. The number of aliphatic hydroxyl groups excluding tert-OH is 1. The van der Waals surface area contributed by atoms with Crippen LogP contribution in [0.2, 0.25) is 0 Å². The molecule has 0 atom stereocenters. The smallest absolute Gasteiger partial charge is 0.241 e. The number of fused-ring (bicyclic) bond motifs is 1. The van der Waals surface area contributed by atoms with E-state index in [1.54, 1.807) is 12.1 Å². The van der Waals surface area contributed by atoms with Crippen molar-refractivity contribution in [3.63, 3.8) is 0 Å². The van der Waals surface area contributed by atoms with Crippen LogP contribution in [0.25, 0.3) is 10.8 Å². The van der Waals surface area contributed by atoms with Crippen molar-refractivity contribution in [1.82, 2.24) is 4.72 Å². The Morgan fingerprint density at radius 3 is 2.30 bits per heavy atom. The van der Waals surface area contributed by atoms with E-state index < -0.39 is 15.4 Å². The fourth-order valence-corrected chi connectivity index (χ4v) is 3.77. The average Bonchev–Trinajstić information content (AvgIpc) is 2.52. The van der Waals surface area contributed by atoms with E-state index in [1.807, 2.05) is 57.1 Å². The van der Waals surface area contributed by atoms with Gasteiger partial charge in [-0.3, -0.25) is 0 Å². The van der Waals surface area contributed by atoms with Crippen LogP contribution in [0.3, 0.4) is 0 Å². The Morgan fingerprint density at radius 1 is 1.09 bits per heavy atom. The van der Waals surface area contributed by atoms with Gasteiger partial charge in [0.15, 0.2) is 0 Å². The predicted molar refractivity (Wildman–Crippen MR) is 94.3 cm³/mol. The minimum atomic E-state index is -3.65. The monoisotopic (exact) mass is 336 g/mol. The summed E-state index contributed by atoms with van der Waals surface area (Å²) in [5.74, 6) is 0. The van der Waals surface area contributed by atoms with Gasteiger partial charge in [0, 0.05) is 49.1 Å². The molecule has 0 unspecified atom stereocenters. The third-order valence-corrected chi connectivity index (χ3v) is 5.26. The quantitative estimate of drug-likeness (QED) is 0.848. The molecule has 2 N–H and O–H groups in total. The summed E-state index contributed by atoms with van der Waals surface area (Å²) in [6.45, 7) is 3.71. The van der Waals surface area contributed by atoms with Crippen molar-refractivity contribution >= 4 is 26.5 Å². The lowest BCUT2D eigenvalue weighted by atomic mass is 9.96. The number of rotatable bonds is 6. The van der Waals surface area contributed by atoms with Crippen molar-refractivity contribution in [2.75, 3.05) is 32.1 Å². The van der Waals surface area contributed by atoms with Gasteiger partial charge in [-0.1, -0.05) is 38.1 Å². The molecule has 0 fully saturated rings. The number of nitrogens with zero attached hydrogens (tertiary/aromatic N) is 1. The van der Waals surface area contributed by atoms with Crippen LogP contribution in [0.1, 0.15) is 13.8 Å². The first-order valence-electron chi connectivity index (χ1n) is 7.47. The van der Waals surface area contributed by atoms with E-state index in [4.69, 9.17) is 0 Å². The third kappa shape index (κ3) is 3.83. The lowest BCUT2D eigenvalue weighted by molar-refractivity contribution is 0.163. The van der Waals surface area contributed by atoms with Gasteiger partial charge >= 0.3 is 0 Å². The Balaban J connectivity index is 2.49. The van der Waals surface area contributed by atoms with Crippen molar-refractivity contribution in [2.24, 2.45) is 5.41 Å². The first kappa shape index (κ1) is 17.7. The molecule has 0 aliphatic carbocycles. The first-order valence-corrected chi connectivity index (χ1v) is 8.96. The van der Waals surface area contributed by atoms with Crippen molar-refractivity contribution in [1.29, 1.82) is 0 Å². The topological polar surface area (TPSA) is 69.6 Å². The maximum atomic E-state index is 12.7. The summed E-state index contributed by atoms with van der Waals surface area (Å²) in [4.78, 5) is 2.22. The Hall–Kier alpha value is -1.63. The highest BCUT2D eigenvalue weighted by atomic mass is 32.2. The second-order valence-corrected chi connectivity index (χ2v) is 8.41. The van der Waals surface area contributed by atoms with Gasteiger partial charge in [-0.05, 0) is 12.1 Å². The van der Waals surface area contributed by atoms with Crippen LogP contribution >= 0.6 is 0 Å². The molecule has 0 aromatic heterocycles. The number of sulfonamides is 1. The van der Waals surface area contributed by atoms with E-state index in [-0.39, 0.29) is 18.0 Å². The number of anilines is 1. The second kappa shape index (κ2) is 6.47. The summed E-state index contributed by atoms with van der Waals surface area (Å²) < 4.78 is 28.0. The van der Waals surface area contributed by atoms with E-state index >= 15 is 0 Å². The summed E-state index contributed by atoms with van der Waals surface area (Å²) in [7, 11) is 0.205. The Kier molecular flexibility index (Phi) is 4.98. The molecule has 0 saturated heterocycles. The fraction of sp³-hybridized carbons (Fsp3) is 0.412. The maximum Gasteiger partial charge on any atom is 0.241 e. The first-order chi connectivity index (χ1) is 10.7. The number of hydrogen-bond acceptors (Lipinski definition) is 4. The van der Waals surface area contributed by atoms with E-state index in [1.165, 1.54) is 0 Å². The lowest BCUT2D eigenvalue weighted by Gasteiger charge is -2.22. The van der Waals surface area contributed by atoms with E-state index in [0.29, 0.717) is 5.39 Å². The zero-order valence-electron chi connectivity index (χ0n) is 14.0. The molecule has 2 aromatic carbocycles. The van der Waals surface area contributed by atoms with Crippen molar-refractivity contribution in [2.45, 2.75) is 18.7 Å². The molecule has 0 saturated carbocycles. The van der Waals surface area contributed by atoms with Gasteiger partial charge in [-0.15, -0.1) is 0 Å². The second-order valence-electron chi connectivity index (χ2n) is 6.67. The molecule has 0 heterocycles. The molecule has 23 heavy (non-hydrogen) atoms. The van der Waals surface area contributed by atoms with Gasteiger partial charge in [-0.2, -0.15) is 0 Å². The van der Waals surface area contributed by atoms with Crippen molar-refractivity contribution in [3.8, 4) is 0 Å². The van der Waals surface area contributed by atoms with Gasteiger partial charge in [0.05, 0.1) is 4.90 Å². The SMILES string of the molecule is CN(C)c1cccc2c(S(=O)(=O)NCC(C)(C)CO)cccc12. The number of hydrogen-bond donors (Lipinski definition) is 2. The molecular weight excluding hydrogens is 312 g/mol.